The molecule has 0 radical (unpaired) electrons. The number of carboxylic acid groups (broad SMARTS) is 1. The largest absolute Gasteiger partial charge is 0.481 e. The minimum atomic E-state index is -0.882. The summed E-state index contributed by atoms with van der Waals surface area (Å²) in [7, 11) is 0. The normalized spacial score (nSPS) is 12.3. The number of aliphatic carboxylic acids is 1. The monoisotopic (exact) mass is 270 g/mol. The van der Waals surface area contributed by atoms with Gasteiger partial charge in [-0.15, -0.1) is 0 Å². The van der Waals surface area contributed by atoms with Gasteiger partial charge in [-0.05, 0) is 6.42 Å². The van der Waals surface area contributed by atoms with Crippen LogP contribution in [0.1, 0.15) is 84.5 Å². The van der Waals surface area contributed by atoms with Crippen molar-refractivity contribution in [3.8, 4) is 0 Å². The molecule has 0 aromatic heterocycles. The molecule has 0 spiro atoms. The molecule has 0 amide bonds. The van der Waals surface area contributed by atoms with Crippen LogP contribution >= 0.6 is 0 Å². The lowest BCUT2D eigenvalue weighted by Crippen LogP contribution is -2.14. The van der Waals surface area contributed by atoms with Crippen LogP contribution in [0.2, 0.25) is 0 Å². The summed E-state index contributed by atoms with van der Waals surface area (Å²) in [5, 5.41) is 8.61. The molecule has 0 saturated carbocycles. The Kier molecular flexibility index (Phi) is 11.6. The van der Waals surface area contributed by atoms with Crippen LogP contribution in [0.15, 0.2) is 0 Å². The van der Waals surface area contributed by atoms with Crippen molar-refractivity contribution in [1.29, 1.82) is 0 Å². The highest BCUT2D eigenvalue weighted by Gasteiger charge is 2.15. The lowest BCUT2D eigenvalue weighted by Gasteiger charge is -2.07. The molecule has 0 saturated heterocycles. The smallest absolute Gasteiger partial charge is 0.304 e. The average molecular weight is 270 g/mol. The van der Waals surface area contributed by atoms with Crippen LogP contribution in [0.25, 0.3) is 0 Å². The quantitative estimate of drug-likeness (QED) is 0.498. The first-order chi connectivity index (χ1) is 9.07. The van der Waals surface area contributed by atoms with Gasteiger partial charge in [0.2, 0.25) is 0 Å². The van der Waals surface area contributed by atoms with E-state index in [0.29, 0.717) is 6.42 Å². The SMILES string of the molecule is CCCCCCCCCCCC(=O)C(C)CC(=O)O. The predicted octanol–water partition coefficient (Wildman–Crippen LogP) is 4.59. The lowest BCUT2D eigenvalue weighted by atomic mass is 9.97. The second kappa shape index (κ2) is 12.2. The molecule has 1 atom stereocenters. The molecule has 3 heteroatoms. The standard InChI is InChI=1S/C16H30O3/c1-3-4-5-6-7-8-9-10-11-12-15(17)14(2)13-16(18)19/h14H,3-13H2,1-2H3,(H,18,19). The molecule has 0 aliphatic heterocycles. The Bertz CT molecular complexity index is 248. The molecule has 1 unspecified atom stereocenters. The topological polar surface area (TPSA) is 54.4 Å². The molecule has 1 N–H and O–H groups in total. The maximum Gasteiger partial charge on any atom is 0.304 e. The van der Waals surface area contributed by atoms with Crippen molar-refractivity contribution in [1.82, 2.24) is 0 Å². The fraction of sp³-hybridized carbons (Fsp3) is 0.875. The van der Waals surface area contributed by atoms with Crippen LogP contribution in [0.4, 0.5) is 0 Å². The Morgan fingerprint density at radius 3 is 1.84 bits per heavy atom. The van der Waals surface area contributed by atoms with E-state index in [1.165, 1.54) is 44.9 Å². The van der Waals surface area contributed by atoms with Gasteiger partial charge in [-0.3, -0.25) is 9.59 Å². The zero-order chi connectivity index (χ0) is 14.5. The first-order valence-electron chi connectivity index (χ1n) is 7.82. The number of rotatable bonds is 13. The molecular formula is C16H30O3. The number of carbonyl (C=O) groups excluding carboxylic acids is 1. The molecule has 0 aromatic rings. The Morgan fingerprint density at radius 2 is 1.37 bits per heavy atom. The van der Waals surface area contributed by atoms with Crippen LogP contribution in [0.5, 0.6) is 0 Å². The Hall–Kier alpha value is -0.860. The van der Waals surface area contributed by atoms with Gasteiger partial charge < -0.3 is 5.11 Å². The molecule has 0 heterocycles. The summed E-state index contributed by atoms with van der Waals surface area (Å²) in [6.45, 7) is 3.94. The summed E-state index contributed by atoms with van der Waals surface area (Å²) in [6, 6.07) is 0. The van der Waals surface area contributed by atoms with Crippen molar-refractivity contribution < 1.29 is 14.7 Å². The number of unbranched alkanes of at least 4 members (excludes halogenated alkanes) is 8. The molecule has 112 valence electrons. The van der Waals surface area contributed by atoms with Crippen LogP contribution in [0.3, 0.4) is 0 Å². The van der Waals surface area contributed by atoms with Gasteiger partial charge in [-0.25, -0.2) is 0 Å². The lowest BCUT2D eigenvalue weighted by molar-refractivity contribution is -0.140. The number of Topliss-reactive ketones (excluding diaryl/α,β-unsaturated/α-hetero) is 1. The van der Waals surface area contributed by atoms with E-state index in [4.69, 9.17) is 5.11 Å². The summed E-state index contributed by atoms with van der Waals surface area (Å²) >= 11 is 0. The van der Waals surface area contributed by atoms with E-state index < -0.39 is 5.97 Å². The van der Waals surface area contributed by atoms with Crippen LogP contribution in [-0.4, -0.2) is 16.9 Å². The van der Waals surface area contributed by atoms with Gasteiger partial charge in [0.1, 0.15) is 5.78 Å². The zero-order valence-corrected chi connectivity index (χ0v) is 12.6. The third-order valence-corrected chi connectivity index (χ3v) is 3.56. The highest BCUT2D eigenvalue weighted by molar-refractivity contribution is 5.84. The van der Waals surface area contributed by atoms with Crippen molar-refractivity contribution >= 4 is 11.8 Å². The molecule has 3 nitrogen and oxygen atoms in total. The van der Waals surface area contributed by atoms with Crippen LogP contribution in [-0.2, 0) is 9.59 Å². The van der Waals surface area contributed by atoms with Gasteiger partial charge in [0, 0.05) is 12.3 Å². The second-order valence-electron chi connectivity index (χ2n) is 5.54. The van der Waals surface area contributed by atoms with Gasteiger partial charge in [0.05, 0.1) is 6.42 Å². The van der Waals surface area contributed by atoms with E-state index in [0.717, 1.165) is 12.8 Å². The zero-order valence-electron chi connectivity index (χ0n) is 12.6. The second-order valence-corrected chi connectivity index (χ2v) is 5.54. The molecule has 0 rings (SSSR count). The summed E-state index contributed by atoms with van der Waals surface area (Å²) in [4.78, 5) is 22.1. The third kappa shape index (κ3) is 11.9. The first kappa shape index (κ1) is 18.1. The Morgan fingerprint density at radius 1 is 0.895 bits per heavy atom. The fourth-order valence-electron chi connectivity index (χ4n) is 2.23. The predicted molar refractivity (Wildman–Crippen MR) is 78.3 cm³/mol. The molecule has 0 fully saturated rings. The minimum Gasteiger partial charge on any atom is -0.481 e. The van der Waals surface area contributed by atoms with Crippen molar-refractivity contribution in [2.75, 3.05) is 0 Å². The summed E-state index contributed by atoms with van der Waals surface area (Å²) < 4.78 is 0. The van der Waals surface area contributed by atoms with E-state index in [-0.39, 0.29) is 18.1 Å². The van der Waals surface area contributed by atoms with E-state index in [2.05, 4.69) is 6.92 Å². The number of hydrogen-bond donors (Lipinski definition) is 1. The Balaban J connectivity index is 3.34. The molecule has 0 aromatic carbocycles. The van der Waals surface area contributed by atoms with E-state index in [1.807, 2.05) is 0 Å². The van der Waals surface area contributed by atoms with Crippen LogP contribution < -0.4 is 0 Å². The first-order valence-corrected chi connectivity index (χ1v) is 7.82. The average Bonchev–Trinajstić information content (AvgIpc) is 2.35. The number of ketones is 1. The number of carboxylic acids is 1. The summed E-state index contributed by atoms with van der Waals surface area (Å²) in [5.74, 6) is -1.11. The highest BCUT2D eigenvalue weighted by Crippen LogP contribution is 2.13. The van der Waals surface area contributed by atoms with Gasteiger partial charge in [-0.1, -0.05) is 65.2 Å². The van der Waals surface area contributed by atoms with Gasteiger partial charge in [0.25, 0.3) is 0 Å². The molecule has 0 aliphatic carbocycles. The van der Waals surface area contributed by atoms with Gasteiger partial charge in [-0.2, -0.15) is 0 Å². The molecular weight excluding hydrogens is 240 g/mol. The van der Waals surface area contributed by atoms with Crippen molar-refractivity contribution in [2.24, 2.45) is 5.92 Å². The van der Waals surface area contributed by atoms with Crippen LogP contribution in [0, 0.1) is 5.92 Å². The van der Waals surface area contributed by atoms with Gasteiger partial charge >= 0.3 is 5.97 Å². The molecule has 0 bridgehead atoms. The van der Waals surface area contributed by atoms with E-state index in [9.17, 15) is 9.59 Å². The van der Waals surface area contributed by atoms with E-state index >= 15 is 0 Å². The molecule has 0 aliphatic rings. The maximum atomic E-state index is 11.6. The van der Waals surface area contributed by atoms with Gasteiger partial charge in [0.15, 0.2) is 0 Å². The summed E-state index contributed by atoms with van der Waals surface area (Å²) in [6.07, 6.45) is 11.6. The van der Waals surface area contributed by atoms with Crippen molar-refractivity contribution in [3.05, 3.63) is 0 Å². The van der Waals surface area contributed by atoms with Crippen molar-refractivity contribution in [3.63, 3.8) is 0 Å². The Labute approximate surface area is 117 Å². The number of carbonyl (C=O) groups is 2. The highest BCUT2D eigenvalue weighted by atomic mass is 16.4. The number of hydrogen-bond acceptors (Lipinski definition) is 2. The third-order valence-electron chi connectivity index (χ3n) is 3.56. The summed E-state index contributed by atoms with van der Waals surface area (Å²) in [5.41, 5.74) is 0. The maximum absolute atomic E-state index is 11.6. The molecule has 19 heavy (non-hydrogen) atoms. The minimum absolute atomic E-state index is 0.0315. The fourth-order valence-corrected chi connectivity index (χ4v) is 2.23. The van der Waals surface area contributed by atoms with Crippen molar-refractivity contribution in [2.45, 2.75) is 84.5 Å². The van der Waals surface area contributed by atoms with E-state index in [1.54, 1.807) is 6.92 Å².